The molecule has 7 rings (SSSR count). The molecule has 1 aromatic heterocycles. The minimum Gasteiger partial charge on any atom is -0.387 e. The summed E-state index contributed by atoms with van der Waals surface area (Å²) in [5, 5.41) is 11.7. The molecule has 0 atom stereocenters. The van der Waals surface area contributed by atoms with E-state index in [0.29, 0.717) is 0 Å². The van der Waals surface area contributed by atoms with Crippen LogP contribution in [0.4, 0.5) is 0 Å². The van der Waals surface area contributed by atoms with Gasteiger partial charge in [0.1, 0.15) is 0 Å². The van der Waals surface area contributed by atoms with Crippen LogP contribution in [0.5, 0.6) is 0 Å². The molecule has 0 unspecified atom stereocenters. The van der Waals surface area contributed by atoms with Crippen LogP contribution in [0.2, 0.25) is 0 Å². The zero-order chi connectivity index (χ0) is 25.4. The molecule has 3 heteroatoms. The molecular weight excluding hydrogens is 476 g/mol. The quantitative estimate of drug-likeness (QED) is 0.231. The Morgan fingerprint density at radius 1 is 0.553 bits per heavy atom. The van der Waals surface area contributed by atoms with Crippen molar-refractivity contribution in [2.24, 2.45) is 0 Å². The normalized spacial score (nSPS) is 13.4. The second-order valence-corrected chi connectivity index (χ2v) is 13.7. The van der Waals surface area contributed by atoms with E-state index < -0.39 is 8.07 Å². The van der Waals surface area contributed by atoms with Gasteiger partial charge in [-0.05, 0) is 57.3 Å². The van der Waals surface area contributed by atoms with E-state index in [-0.39, 0.29) is 0 Å². The largest absolute Gasteiger partial charge is 0.387 e. The number of aromatic nitrogens is 1. The van der Waals surface area contributed by atoms with Crippen LogP contribution in [0, 0.1) is 0 Å². The smallest absolute Gasteiger partial charge is 0.177 e. The van der Waals surface area contributed by atoms with Crippen LogP contribution in [-0.4, -0.2) is 19.2 Å². The Morgan fingerprint density at radius 3 is 1.82 bits per heavy atom. The number of para-hydroxylation sites is 2. The fourth-order valence-corrected chi connectivity index (χ4v) is 11.1. The number of benzene rings is 5. The Morgan fingerprint density at radius 2 is 1.16 bits per heavy atom. The number of nitrogens with one attached hydrogen (secondary N) is 1. The van der Waals surface area contributed by atoms with Crippen LogP contribution in [0.1, 0.15) is 0 Å². The summed E-state index contributed by atoms with van der Waals surface area (Å²) in [6, 6.07) is 49.0. The van der Waals surface area contributed by atoms with Gasteiger partial charge in [0, 0.05) is 23.0 Å². The summed E-state index contributed by atoms with van der Waals surface area (Å²) in [5.41, 5.74) is 3.67. The van der Waals surface area contributed by atoms with Gasteiger partial charge in [-0.3, -0.25) is 0 Å². The van der Waals surface area contributed by atoms with Crippen molar-refractivity contribution in [3.8, 4) is 5.69 Å². The maximum Gasteiger partial charge on any atom is 0.177 e. The summed E-state index contributed by atoms with van der Waals surface area (Å²) in [5.74, 6) is 0. The standard InChI is InChI=1S/C35H28N2Si/c1-4-13-27(14-5-1)37-34-21-11-10-20-32(34)33-23-22-30(25-35(33)37)38(28-15-6-2-7-16-28,29-17-8-3-9-18-29)31-19-12-24-36-26-31/h1-25,36H,26H2. The van der Waals surface area contributed by atoms with E-state index in [9.17, 15) is 0 Å². The summed E-state index contributed by atoms with van der Waals surface area (Å²) in [6.07, 6.45) is 6.56. The number of hydrogen-bond donors (Lipinski definition) is 1. The molecule has 1 aliphatic rings. The summed E-state index contributed by atoms with van der Waals surface area (Å²) in [4.78, 5) is 0. The van der Waals surface area contributed by atoms with Crippen molar-refractivity contribution < 1.29 is 0 Å². The van der Waals surface area contributed by atoms with Crippen molar-refractivity contribution >= 4 is 45.4 Å². The van der Waals surface area contributed by atoms with E-state index in [1.54, 1.807) is 0 Å². The highest BCUT2D eigenvalue weighted by atomic mass is 28.3. The molecule has 6 aromatic rings. The summed E-state index contributed by atoms with van der Waals surface area (Å²) >= 11 is 0. The number of rotatable bonds is 5. The molecular formula is C35H28N2Si. The molecule has 0 fully saturated rings. The zero-order valence-corrected chi connectivity index (χ0v) is 22.1. The predicted molar refractivity (Wildman–Crippen MR) is 164 cm³/mol. The molecule has 0 radical (unpaired) electrons. The van der Waals surface area contributed by atoms with E-state index in [2.05, 4.69) is 162 Å². The van der Waals surface area contributed by atoms with Gasteiger partial charge in [-0.15, -0.1) is 0 Å². The van der Waals surface area contributed by atoms with Gasteiger partial charge in [-0.2, -0.15) is 0 Å². The van der Waals surface area contributed by atoms with Crippen LogP contribution < -0.4 is 20.9 Å². The predicted octanol–water partition coefficient (Wildman–Crippen LogP) is 5.84. The topological polar surface area (TPSA) is 17.0 Å². The van der Waals surface area contributed by atoms with Crippen molar-refractivity contribution in [3.05, 3.63) is 157 Å². The van der Waals surface area contributed by atoms with Gasteiger partial charge in [0.15, 0.2) is 8.07 Å². The monoisotopic (exact) mass is 504 g/mol. The average Bonchev–Trinajstić information content (AvgIpc) is 3.33. The highest BCUT2D eigenvalue weighted by Gasteiger charge is 2.43. The van der Waals surface area contributed by atoms with E-state index in [1.165, 1.54) is 48.2 Å². The lowest BCUT2D eigenvalue weighted by atomic mass is 10.1. The molecule has 1 N–H and O–H groups in total. The lowest BCUT2D eigenvalue weighted by Crippen LogP contribution is -2.69. The van der Waals surface area contributed by atoms with Crippen LogP contribution in [-0.2, 0) is 0 Å². The van der Waals surface area contributed by atoms with Gasteiger partial charge in [0.25, 0.3) is 0 Å². The first-order valence-corrected chi connectivity index (χ1v) is 15.2. The molecule has 1 aliphatic heterocycles. The maximum atomic E-state index is 3.53. The van der Waals surface area contributed by atoms with Crippen molar-refractivity contribution in [3.63, 3.8) is 0 Å². The molecule has 0 aliphatic carbocycles. The summed E-state index contributed by atoms with van der Waals surface area (Å²) in [6.45, 7) is 0.840. The highest BCUT2D eigenvalue weighted by molar-refractivity contribution is 7.16. The lowest BCUT2D eigenvalue weighted by Gasteiger charge is -2.37. The number of allylic oxidation sites excluding steroid dienone is 2. The number of fused-ring (bicyclic) bond motifs is 3. The SMILES string of the molecule is C1=CNCC([Si](c2ccccc2)(c2ccccc2)c2ccc3c4ccccc4n(-c4ccccc4)c3c2)=C1. The van der Waals surface area contributed by atoms with E-state index in [1.807, 2.05) is 0 Å². The highest BCUT2D eigenvalue weighted by Crippen LogP contribution is 2.32. The molecule has 0 spiro atoms. The van der Waals surface area contributed by atoms with Gasteiger partial charge >= 0.3 is 0 Å². The second-order valence-electron chi connectivity index (χ2n) is 9.83. The molecule has 0 amide bonds. The Kier molecular flexibility index (Phi) is 5.57. The first-order chi connectivity index (χ1) is 18.9. The molecule has 5 aromatic carbocycles. The Balaban J connectivity index is 1.61. The van der Waals surface area contributed by atoms with Crippen LogP contribution in [0.15, 0.2) is 157 Å². The maximum absolute atomic E-state index is 3.53. The fourth-order valence-electron chi connectivity index (χ4n) is 6.21. The third-order valence-electron chi connectivity index (χ3n) is 7.82. The molecule has 2 nitrogen and oxygen atoms in total. The molecule has 182 valence electrons. The van der Waals surface area contributed by atoms with Crippen LogP contribution >= 0.6 is 0 Å². The molecule has 2 heterocycles. The zero-order valence-electron chi connectivity index (χ0n) is 21.1. The van der Waals surface area contributed by atoms with Crippen LogP contribution in [0.25, 0.3) is 27.5 Å². The Labute approximate surface area is 224 Å². The van der Waals surface area contributed by atoms with Gasteiger partial charge in [-0.1, -0.05) is 115 Å². The average molecular weight is 505 g/mol. The molecule has 0 saturated heterocycles. The lowest BCUT2D eigenvalue weighted by molar-refractivity contribution is 0.953. The Hall–Kier alpha value is -4.60. The van der Waals surface area contributed by atoms with Crippen molar-refractivity contribution in [2.45, 2.75) is 0 Å². The fraction of sp³-hybridized carbons (Fsp3) is 0.0286. The molecule has 0 saturated carbocycles. The number of nitrogens with zero attached hydrogens (tertiary/aromatic N) is 1. The molecule has 38 heavy (non-hydrogen) atoms. The third kappa shape index (κ3) is 3.47. The van der Waals surface area contributed by atoms with E-state index in [0.717, 1.165) is 6.54 Å². The summed E-state index contributed by atoms with van der Waals surface area (Å²) < 4.78 is 2.43. The number of hydrogen-bond acceptors (Lipinski definition) is 1. The Bertz CT molecular complexity index is 1760. The molecule has 0 bridgehead atoms. The minimum atomic E-state index is -2.58. The van der Waals surface area contributed by atoms with Crippen LogP contribution in [0.3, 0.4) is 0 Å². The first kappa shape index (κ1) is 22.6. The second kappa shape index (κ2) is 9.36. The van der Waals surface area contributed by atoms with Gasteiger partial charge < -0.3 is 9.88 Å². The number of dihydropyridines is 1. The minimum absolute atomic E-state index is 0.840. The first-order valence-electron chi connectivity index (χ1n) is 13.2. The van der Waals surface area contributed by atoms with E-state index >= 15 is 0 Å². The van der Waals surface area contributed by atoms with Gasteiger partial charge in [0.05, 0.1) is 11.0 Å². The summed E-state index contributed by atoms with van der Waals surface area (Å²) in [7, 11) is -2.58. The van der Waals surface area contributed by atoms with Crippen molar-refractivity contribution in [1.82, 2.24) is 9.88 Å². The van der Waals surface area contributed by atoms with E-state index in [4.69, 9.17) is 0 Å². The third-order valence-corrected chi connectivity index (χ3v) is 12.7. The van der Waals surface area contributed by atoms with Gasteiger partial charge in [0.2, 0.25) is 0 Å². The van der Waals surface area contributed by atoms with Crippen molar-refractivity contribution in [2.75, 3.05) is 6.54 Å². The van der Waals surface area contributed by atoms with Gasteiger partial charge in [-0.25, -0.2) is 0 Å². The van der Waals surface area contributed by atoms with Crippen molar-refractivity contribution in [1.29, 1.82) is 0 Å².